The zero-order chi connectivity index (χ0) is 24.4. The number of rotatable bonds is 0. The van der Waals surface area contributed by atoms with Crippen molar-refractivity contribution in [3.8, 4) is 0 Å². The number of hydrogen-bond acceptors (Lipinski definition) is 0. The Labute approximate surface area is 207 Å². The molecule has 10 unspecified atom stereocenters. The zero-order valence-corrected chi connectivity index (χ0v) is 24.4. The van der Waals surface area contributed by atoms with E-state index in [-0.39, 0.29) is 0 Å². The molecule has 5 aliphatic carbocycles. The minimum absolute atomic E-state index is 0.467. The Kier molecular flexibility index (Phi) is 5.28. The van der Waals surface area contributed by atoms with Crippen LogP contribution >= 0.6 is 0 Å². The van der Waals surface area contributed by atoms with Crippen LogP contribution in [0.15, 0.2) is 0 Å². The van der Waals surface area contributed by atoms with Gasteiger partial charge in [0, 0.05) is 0 Å². The van der Waals surface area contributed by atoms with Crippen LogP contribution in [0.1, 0.15) is 134 Å². The van der Waals surface area contributed by atoms with E-state index in [1.807, 2.05) is 0 Å². The van der Waals surface area contributed by atoms with Gasteiger partial charge in [0.25, 0.3) is 0 Å². The number of hydrogen-bond donors (Lipinski definition) is 0. The predicted octanol–water partition coefficient (Wildman–Crippen LogP) is 10.0. The summed E-state index contributed by atoms with van der Waals surface area (Å²) in [5, 5.41) is 0. The summed E-state index contributed by atoms with van der Waals surface area (Å²) in [6.45, 7) is 29.3. The first-order valence-electron chi connectivity index (χ1n) is 15.0. The van der Waals surface area contributed by atoms with Gasteiger partial charge in [-0.1, -0.05) is 76.2 Å². The van der Waals surface area contributed by atoms with E-state index >= 15 is 0 Å². The van der Waals surface area contributed by atoms with E-state index in [1.165, 1.54) is 57.8 Å². The molecule has 5 fully saturated rings. The lowest BCUT2D eigenvalue weighted by atomic mass is 9.32. The Hall–Kier alpha value is 0. The van der Waals surface area contributed by atoms with Crippen molar-refractivity contribution in [1.29, 1.82) is 0 Å². The smallest absolute Gasteiger partial charge is 0.0243 e. The fourth-order valence-corrected chi connectivity index (χ4v) is 12.6. The third kappa shape index (κ3) is 3.12. The molecule has 0 aromatic rings. The van der Waals surface area contributed by atoms with Crippen LogP contribution in [0.3, 0.4) is 0 Å². The Balaban J connectivity index is 1.54. The molecule has 0 heteroatoms. The molecule has 0 nitrogen and oxygen atoms in total. The van der Waals surface area contributed by atoms with Crippen LogP contribution in [-0.4, -0.2) is 0 Å². The van der Waals surface area contributed by atoms with Crippen molar-refractivity contribution in [2.75, 3.05) is 0 Å². The molecule has 5 aliphatic rings. The van der Waals surface area contributed by atoms with Gasteiger partial charge in [-0.2, -0.15) is 0 Å². The molecule has 0 bridgehead atoms. The van der Waals surface area contributed by atoms with E-state index in [0.29, 0.717) is 32.5 Å². The molecule has 0 spiro atoms. The average Bonchev–Trinajstić information content (AvgIpc) is 2.67. The molecule has 5 rings (SSSR count). The lowest BCUT2D eigenvalue weighted by Crippen LogP contribution is -2.65. The highest BCUT2D eigenvalue weighted by Gasteiger charge is 2.68. The van der Waals surface area contributed by atoms with E-state index in [4.69, 9.17) is 0 Å². The van der Waals surface area contributed by atoms with Crippen LogP contribution in [0.4, 0.5) is 0 Å². The summed E-state index contributed by atoms with van der Waals surface area (Å²) in [6, 6.07) is 0. The maximum atomic E-state index is 2.81. The minimum Gasteiger partial charge on any atom is -0.0622 e. The molecule has 33 heavy (non-hydrogen) atoms. The van der Waals surface area contributed by atoms with Gasteiger partial charge in [0.1, 0.15) is 0 Å². The molecule has 0 N–H and O–H groups in total. The molecule has 0 radical (unpaired) electrons. The van der Waals surface area contributed by atoms with Gasteiger partial charge in [0.15, 0.2) is 0 Å². The Morgan fingerprint density at radius 3 is 1.94 bits per heavy atom. The van der Waals surface area contributed by atoms with Crippen LogP contribution in [0, 0.1) is 73.9 Å². The molecular weight excluding hydrogens is 396 g/mol. The van der Waals surface area contributed by atoms with Crippen LogP contribution in [0.5, 0.6) is 0 Å². The summed E-state index contributed by atoms with van der Waals surface area (Å²) >= 11 is 0. The van der Waals surface area contributed by atoms with Crippen LogP contribution < -0.4 is 0 Å². The average molecular weight is 455 g/mol. The second-order valence-electron chi connectivity index (χ2n) is 17.3. The quantitative estimate of drug-likeness (QED) is 0.341. The molecule has 0 saturated heterocycles. The van der Waals surface area contributed by atoms with Crippen molar-refractivity contribution in [3.05, 3.63) is 0 Å². The summed E-state index contributed by atoms with van der Waals surface area (Å²) < 4.78 is 0. The second kappa shape index (κ2) is 7.06. The Bertz CT molecular complexity index is 786. The molecule has 0 amide bonds. The van der Waals surface area contributed by atoms with Crippen LogP contribution in [0.25, 0.3) is 0 Å². The first-order chi connectivity index (χ1) is 15.0. The summed E-state index contributed by atoms with van der Waals surface area (Å²) in [5.41, 5.74) is 3.15. The fraction of sp³-hybridized carbons (Fsp3) is 1.00. The van der Waals surface area contributed by atoms with Gasteiger partial charge < -0.3 is 0 Å². The van der Waals surface area contributed by atoms with E-state index in [0.717, 1.165) is 41.4 Å². The molecule has 0 aromatic heterocycles. The summed E-state index contributed by atoms with van der Waals surface area (Å²) in [6.07, 6.45) is 13.4. The summed E-state index contributed by atoms with van der Waals surface area (Å²) in [7, 11) is 0. The SMILES string of the molecule is CC1CC2C(C)(CCC3C(C)(C)C(C)CCC32C)C2CCC3(C)C(CC(C)(C)CC3(C)C)C12. The lowest BCUT2D eigenvalue weighted by Gasteiger charge is -2.73. The Morgan fingerprint density at radius 1 is 0.636 bits per heavy atom. The monoisotopic (exact) mass is 454 g/mol. The minimum atomic E-state index is 0.467. The van der Waals surface area contributed by atoms with Gasteiger partial charge in [0.05, 0.1) is 0 Å². The zero-order valence-electron chi connectivity index (χ0n) is 24.4. The van der Waals surface area contributed by atoms with Gasteiger partial charge in [-0.25, -0.2) is 0 Å². The van der Waals surface area contributed by atoms with E-state index in [9.17, 15) is 0 Å². The third-order valence-electron chi connectivity index (χ3n) is 14.7. The van der Waals surface area contributed by atoms with Crippen molar-refractivity contribution in [2.24, 2.45) is 73.9 Å². The molecule has 0 aromatic carbocycles. The topological polar surface area (TPSA) is 0 Å². The fourth-order valence-electron chi connectivity index (χ4n) is 12.6. The van der Waals surface area contributed by atoms with E-state index in [1.54, 1.807) is 0 Å². The van der Waals surface area contributed by atoms with Crippen LogP contribution in [-0.2, 0) is 0 Å². The molecular formula is C33H58. The molecule has 0 aliphatic heterocycles. The van der Waals surface area contributed by atoms with Gasteiger partial charge >= 0.3 is 0 Å². The highest BCUT2D eigenvalue weighted by molar-refractivity contribution is 5.17. The van der Waals surface area contributed by atoms with Gasteiger partial charge in [-0.15, -0.1) is 0 Å². The highest BCUT2D eigenvalue weighted by Crippen LogP contribution is 2.76. The first kappa shape index (κ1) is 24.7. The molecule has 0 heterocycles. The van der Waals surface area contributed by atoms with E-state index < -0.39 is 0 Å². The maximum Gasteiger partial charge on any atom is -0.0243 e. The van der Waals surface area contributed by atoms with E-state index in [2.05, 4.69) is 76.2 Å². The summed E-state index contributed by atoms with van der Waals surface area (Å²) in [4.78, 5) is 0. The highest BCUT2D eigenvalue weighted by atomic mass is 14.7. The van der Waals surface area contributed by atoms with Crippen molar-refractivity contribution >= 4 is 0 Å². The third-order valence-corrected chi connectivity index (χ3v) is 14.7. The van der Waals surface area contributed by atoms with Crippen molar-refractivity contribution in [3.63, 3.8) is 0 Å². The second-order valence-corrected chi connectivity index (χ2v) is 17.3. The van der Waals surface area contributed by atoms with Gasteiger partial charge in [-0.3, -0.25) is 0 Å². The van der Waals surface area contributed by atoms with Crippen LogP contribution in [0.2, 0.25) is 0 Å². The van der Waals surface area contributed by atoms with Crippen molar-refractivity contribution in [2.45, 2.75) is 134 Å². The van der Waals surface area contributed by atoms with Gasteiger partial charge in [-0.05, 0) is 132 Å². The van der Waals surface area contributed by atoms with Gasteiger partial charge in [0.2, 0.25) is 0 Å². The summed E-state index contributed by atoms with van der Waals surface area (Å²) in [5.74, 6) is 6.51. The maximum absolute atomic E-state index is 2.81. The molecule has 5 saturated carbocycles. The van der Waals surface area contributed by atoms with Crippen molar-refractivity contribution < 1.29 is 0 Å². The largest absolute Gasteiger partial charge is 0.0622 e. The number of fused-ring (bicyclic) bond motifs is 7. The van der Waals surface area contributed by atoms with Crippen molar-refractivity contribution in [1.82, 2.24) is 0 Å². The first-order valence-corrected chi connectivity index (χ1v) is 15.0. The normalized spacial score (nSPS) is 56.6. The predicted molar refractivity (Wildman–Crippen MR) is 143 cm³/mol. The Morgan fingerprint density at radius 2 is 1.27 bits per heavy atom. The lowest BCUT2D eigenvalue weighted by molar-refractivity contribution is -0.239. The molecule has 10 atom stereocenters. The molecule has 190 valence electrons. The standard InChI is InChI=1S/C33H58/c1-21-18-26-31(9,16-14-25-30(7,8)22(2)12-15-32(25,26)10)23-13-17-33(11)24(27(21)23)19-28(3,4)20-29(33,5)6/h21-27H,12-20H2,1-11H3.